The predicted octanol–water partition coefficient (Wildman–Crippen LogP) is 1.02. The van der Waals surface area contributed by atoms with Crippen molar-refractivity contribution in [3.8, 4) is 0 Å². The van der Waals surface area contributed by atoms with Gasteiger partial charge in [-0.1, -0.05) is 19.1 Å². The third kappa shape index (κ3) is 3.24. The number of hydrogen-bond donors (Lipinski definition) is 2. The van der Waals surface area contributed by atoms with Crippen LogP contribution >= 0.6 is 0 Å². The fourth-order valence-electron chi connectivity index (χ4n) is 2.39. The van der Waals surface area contributed by atoms with Crippen LogP contribution in [0.1, 0.15) is 25.0 Å². The number of aryl methyl sites for hydroxylation is 1. The number of benzene rings is 1. The Balaban J connectivity index is 2.09. The molecule has 0 saturated carbocycles. The summed E-state index contributed by atoms with van der Waals surface area (Å²) in [6, 6.07) is 5.71. The number of aliphatic hydroxyl groups is 1. The molecule has 2 unspecified atom stereocenters. The number of anilines is 1. The van der Waals surface area contributed by atoms with E-state index in [1.165, 1.54) is 4.90 Å². The van der Waals surface area contributed by atoms with Crippen LogP contribution in [0.3, 0.4) is 0 Å². The molecular formula is C16H22N2O3. The summed E-state index contributed by atoms with van der Waals surface area (Å²) in [6.45, 7) is 6.08. The number of carbonyl (C=O) groups excluding carboxylic acids is 2. The summed E-state index contributed by atoms with van der Waals surface area (Å²) < 4.78 is 0. The van der Waals surface area contributed by atoms with Crippen LogP contribution in [0.2, 0.25) is 0 Å². The topological polar surface area (TPSA) is 69.6 Å². The average Bonchev–Trinajstić information content (AvgIpc) is 2.88. The first-order valence-corrected chi connectivity index (χ1v) is 7.26. The third-order valence-corrected chi connectivity index (χ3v) is 4.08. The van der Waals surface area contributed by atoms with E-state index >= 15 is 0 Å². The quantitative estimate of drug-likeness (QED) is 0.817. The van der Waals surface area contributed by atoms with Crippen LogP contribution < -0.4 is 10.2 Å². The molecule has 1 aromatic rings. The number of rotatable bonds is 3. The minimum Gasteiger partial charge on any atom is -0.396 e. The Hall–Kier alpha value is -1.88. The lowest BCUT2D eigenvalue weighted by Crippen LogP contribution is -2.47. The molecule has 21 heavy (non-hydrogen) atoms. The van der Waals surface area contributed by atoms with Gasteiger partial charge in [0.25, 0.3) is 0 Å². The van der Waals surface area contributed by atoms with Crippen molar-refractivity contribution in [2.24, 2.45) is 5.92 Å². The number of amides is 2. The van der Waals surface area contributed by atoms with Crippen LogP contribution in [0.15, 0.2) is 18.2 Å². The molecule has 0 fully saturated rings. The van der Waals surface area contributed by atoms with Gasteiger partial charge in [0.2, 0.25) is 0 Å². The van der Waals surface area contributed by atoms with E-state index in [0.717, 1.165) is 23.2 Å². The van der Waals surface area contributed by atoms with Crippen LogP contribution in [0.25, 0.3) is 0 Å². The minimum atomic E-state index is -0.614. The van der Waals surface area contributed by atoms with Crippen LogP contribution in [0, 0.1) is 12.8 Å². The van der Waals surface area contributed by atoms with Gasteiger partial charge in [-0.25, -0.2) is 0 Å². The Morgan fingerprint density at radius 3 is 2.76 bits per heavy atom. The average molecular weight is 290 g/mol. The fourth-order valence-corrected chi connectivity index (χ4v) is 2.39. The number of nitrogens with zero attached hydrogens (tertiary/aromatic N) is 1. The van der Waals surface area contributed by atoms with Gasteiger partial charge in [0, 0.05) is 24.9 Å². The molecule has 2 atom stereocenters. The van der Waals surface area contributed by atoms with Crippen molar-refractivity contribution in [1.82, 2.24) is 5.32 Å². The van der Waals surface area contributed by atoms with Crippen molar-refractivity contribution < 1.29 is 14.7 Å². The van der Waals surface area contributed by atoms with Gasteiger partial charge in [-0.2, -0.15) is 0 Å². The molecular weight excluding hydrogens is 268 g/mol. The lowest BCUT2D eigenvalue weighted by molar-refractivity contribution is -0.138. The predicted molar refractivity (Wildman–Crippen MR) is 81.1 cm³/mol. The van der Waals surface area contributed by atoms with Crippen molar-refractivity contribution in [2.75, 3.05) is 18.1 Å². The van der Waals surface area contributed by atoms with Gasteiger partial charge in [-0.3, -0.25) is 9.59 Å². The molecule has 0 aromatic heterocycles. The molecule has 1 aliphatic rings. The summed E-state index contributed by atoms with van der Waals surface area (Å²) in [5.74, 6) is -1.23. The number of nitrogens with one attached hydrogen (secondary N) is 1. The second-order valence-electron chi connectivity index (χ2n) is 5.76. The van der Waals surface area contributed by atoms with Crippen molar-refractivity contribution in [3.05, 3.63) is 29.3 Å². The molecule has 0 spiro atoms. The standard InChI is InChI=1S/C16H22N2O3/c1-10-4-5-13-6-7-18(14(13)8-10)16(21)15(20)17-12(3)11(2)9-19/h4-5,8,11-12,19H,6-7,9H2,1-3H3,(H,17,20). The highest BCUT2D eigenvalue weighted by molar-refractivity contribution is 6.40. The summed E-state index contributed by atoms with van der Waals surface area (Å²) in [7, 11) is 0. The molecule has 0 bridgehead atoms. The van der Waals surface area contributed by atoms with Crippen LogP contribution in [0.4, 0.5) is 5.69 Å². The zero-order valence-corrected chi connectivity index (χ0v) is 12.7. The molecule has 2 rings (SSSR count). The van der Waals surface area contributed by atoms with Gasteiger partial charge in [-0.05, 0) is 43.4 Å². The second kappa shape index (κ2) is 6.26. The maximum Gasteiger partial charge on any atom is 0.316 e. The van der Waals surface area contributed by atoms with E-state index in [1.807, 2.05) is 32.0 Å². The lowest BCUT2D eigenvalue weighted by Gasteiger charge is -2.22. The molecule has 2 amide bonds. The van der Waals surface area contributed by atoms with E-state index in [1.54, 1.807) is 6.92 Å². The van der Waals surface area contributed by atoms with Crippen molar-refractivity contribution >= 4 is 17.5 Å². The van der Waals surface area contributed by atoms with E-state index in [4.69, 9.17) is 5.11 Å². The van der Waals surface area contributed by atoms with Gasteiger partial charge >= 0.3 is 11.8 Å². The first-order valence-electron chi connectivity index (χ1n) is 7.26. The van der Waals surface area contributed by atoms with Crippen molar-refractivity contribution in [1.29, 1.82) is 0 Å². The Kier molecular flexibility index (Phi) is 4.63. The number of aliphatic hydroxyl groups excluding tert-OH is 1. The van der Waals surface area contributed by atoms with E-state index < -0.39 is 11.8 Å². The Labute approximate surface area is 125 Å². The number of hydrogen-bond acceptors (Lipinski definition) is 3. The number of fused-ring (bicyclic) bond motifs is 1. The highest BCUT2D eigenvalue weighted by Crippen LogP contribution is 2.28. The smallest absolute Gasteiger partial charge is 0.316 e. The van der Waals surface area contributed by atoms with E-state index in [-0.39, 0.29) is 18.6 Å². The highest BCUT2D eigenvalue weighted by atomic mass is 16.3. The Morgan fingerprint density at radius 1 is 1.38 bits per heavy atom. The normalized spacial score (nSPS) is 16.3. The fraction of sp³-hybridized carbons (Fsp3) is 0.500. The first kappa shape index (κ1) is 15.5. The minimum absolute atomic E-state index is 0.0264. The van der Waals surface area contributed by atoms with Gasteiger partial charge in [0.15, 0.2) is 0 Å². The zero-order chi connectivity index (χ0) is 15.6. The van der Waals surface area contributed by atoms with E-state index in [2.05, 4.69) is 5.32 Å². The van der Waals surface area contributed by atoms with Crippen LogP contribution in [0.5, 0.6) is 0 Å². The van der Waals surface area contributed by atoms with Crippen molar-refractivity contribution in [3.63, 3.8) is 0 Å². The van der Waals surface area contributed by atoms with Crippen LogP contribution in [-0.4, -0.2) is 36.1 Å². The molecule has 5 heteroatoms. The molecule has 0 radical (unpaired) electrons. The maximum absolute atomic E-state index is 12.3. The second-order valence-corrected chi connectivity index (χ2v) is 5.76. The Morgan fingerprint density at radius 2 is 2.10 bits per heavy atom. The number of carbonyl (C=O) groups is 2. The summed E-state index contributed by atoms with van der Waals surface area (Å²) in [6.07, 6.45) is 0.775. The highest BCUT2D eigenvalue weighted by Gasteiger charge is 2.30. The maximum atomic E-state index is 12.3. The molecule has 1 aromatic carbocycles. The SMILES string of the molecule is Cc1ccc2c(c1)N(C(=O)C(=O)NC(C)C(C)CO)CC2. The molecule has 5 nitrogen and oxygen atoms in total. The van der Waals surface area contributed by atoms with Gasteiger partial charge < -0.3 is 15.3 Å². The van der Waals surface area contributed by atoms with Crippen LogP contribution in [-0.2, 0) is 16.0 Å². The van der Waals surface area contributed by atoms with Crippen molar-refractivity contribution in [2.45, 2.75) is 33.2 Å². The van der Waals surface area contributed by atoms with E-state index in [0.29, 0.717) is 6.54 Å². The summed E-state index contributed by atoms with van der Waals surface area (Å²) in [4.78, 5) is 25.9. The molecule has 2 N–H and O–H groups in total. The summed E-state index contributed by atoms with van der Waals surface area (Å²) in [5.41, 5.74) is 2.99. The van der Waals surface area contributed by atoms with Gasteiger partial charge in [-0.15, -0.1) is 0 Å². The van der Waals surface area contributed by atoms with Gasteiger partial charge in [0.1, 0.15) is 0 Å². The summed E-state index contributed by atoms with van der Waals surface area (Å²) >= 11 is 0. The van der Waals surface area contributed by atoms with E-state index in [9.17, 15) is 9.59 Å². The zero-order valence-electron chi connectivity index (χ0n) is 12.7. The molecule has 114 valence electrons. The molecule has 1 aliphatic heterocycles. The molecule has 0 saturated heterocycles. The summed E-state index contributed by atoms with van der Waals surface area (Å²) in [5, 5.41) is 11.7. The van der Waals surface area contributed by atoms with Gasteiger partial charge in [0.05, 0.1) is 0 Å². The molecule has 1 heterocycles. The first-order chi connectivity index (χ1) is 9.93. The third-order valence-electron chi connectivity index (χ3n) is 4.08. The Bertz CT molecular complexity index is 556. The lowest BCUT2D eigenvalue weighted by atomic mass is 10.1. The monoisotopic (exact) mass is 290 g/mol. The largest absolute Gasteiger partial charge is 0.396 e. The molecule has 0 aliphatic carbocycles.